The van der Waals surface area contributed by atoms with Crippen LogP contribution in [0.3, 0.4) is 0 Å². The first kappa shape index (κ1) is 16.5. The molecule has 0 aliphatic heterocycles. The fraction of sp³-hybridized carbons (Fsp3) is 0.316. The molecule has 134 valence electrons. The van der Waals surface area contributed by atoms with Gasteiger partial charge in [-0.05, 0) is 49.9 Å². The highest BCUT2D eigenvalue weighted by Crippen LogP contribution is 2.34. The minimum atomic E-state index is -0.446. The SMILES string of the molecule is CC(C)NC(=O)c1c[nH]c2ncc(Oc3ccc4c(c3)[C@H](O)CC4)nc12. The third-order valence-corrected chi connectivity index (χ3v) is 4.41. The van der Waals surface area contributed by atoms with Crippen LogP contribution in [0.25, 0.3) is 11.2 Å². The summed E-state index contributed by atoms with van der Waals surface area (Å²) < 4.78 is 5.81. The molecule has 0 unspecified atom stereocenters. The number of aliphatic hydroxyl groups excluding tert-OH is 1. The molecule has 0 saturated heterocycles. The lowest BCUT2D eigenvalue weighted by molar-refractivity contribution is 0.0944. The van der Waals surface area contributed by atoms with E-state index in [1.807, 2.05) is 32.0 Å². The van der Waals surface area contributed by atoms with E-state index in [0.717, 1.165) is 24.0 Å². The smallest absolute Gasteiger partial charge is 0.255 e. The van der Waals surface area contributed by atoms with Crippen LogP contribution in [0.2, 0.25) is 0 Å². The maximum atomic E-state index is 12.3. The monoisotopic (exact) mass is 352 g/mol. The van der Waals surface area contributed by atoms with Gasteiger partial charge in [-0.1, -0.05) is 6.07 Å². The molecule has 0 bridgehead atoms. The molecule has 1 aromatic carbocycles. The van der Waals surface area contributed by atoms with Crippen molar-refractivity contribution in [1.29, 1.82) is 0 Å². The molecule has 1 aliphatic carbocycles. The number of ether oxygens (including phenoxy) is 1. The van der Waals surface area contributed by atoms with Crippen LogP contribution in [0, 0.1) is 0 Å². The van der Waals surface area contributed by atoms with Crippen molar-refractivity contribution in [2.75, 3.05) is 0 Å². The van der Waals surface area contributed by atoms with Crippen LogP contribution in [-0.4, -0.2) is 32.0 Å². The highest BCUT2D eigenvalue weighted by Gasteiger charge is 2.21. The number of benzene rings is 1. The van der Waals surface area contributed by atoms with Crippen molar-refractivity contribution in [3.63, 3.8) is 0 Å². The van der Waals surface area contributed by atoms with Crippen molar-refractivity contribution in [3.05, 3.63) is 47.3 Å². The molecule has 0 spiro atoms. The molecule has 3 N–H and O–H groups in total. The average molecular weight is 352 g/mol. The van der Waals surface area contributed by atoms with Gasteiger partial charge in [0, 0.05) is 12.2 Å². The van der Waals surface area contributed by atoms with Crippen molar-refractivity contribution in [2.45, 2.75) is 38.8 Å². The summed E-state index contributed by atoms with van der Waals surface area (Å²) in [5, 5.41) is 12.9. The minimum Gasteiger partial charge on any atom is -0.437 e. The van der Waals surface area contributed by atoms with Crippen molar-refractivity contribution < 1.29 is 14.6 Å². The number of hydrogen-bond acceptors (Lipinski definition) is 5. The fourth-order valence-electron chi connectivity index (χ4n) is 3.18. The summed E-state index contributed by atoms with van der Waals surface area (Å²) in [6, 6.07) is 5.68. The van der Waals surface area contributed by atoms with Gasteiger partial charge in [0.2, 0.25) is 5.88 Å². The Bertz CT molecular complexity index is 980. The summed E-state index contributed by atoms with van der Waals surface area (Å²) in [5.41, 5.74) is 3.45. The number of nitrogens with one attached hydrogen (secondary N) is 2. The van der Waals surface area contributed by atoms with Gasteiger partial charge < -0.3 is 20.1 Å². The van der Waals surface area contributed by atoms with Crippen molar-refractivity contribution in [3.8, 4) is 11.6 Å². The van der Waals surface area contributed by atoms with Gasteiger partial charge in [-0.3, -0.25) is 4.79 Å². The van der Waals surface area contributed by atoms with Gasteiger partial charge in [-0.2, -0.15) is 0 Å². The van der Waals surface area contributed by atoms with Gasteiger partial charge in [-0.15, -0.1) is 0 Å². The molecule has 2 aromatic heterocycles. The number of nitrogens with zero attached hydrogens (tertiary/aromatic N) is 2. The number of aromatic nitrogens is 3. The molecule has 3 aromatic rings. The maximum absolute atomic E-state index is 12.3. The maximum Gasteiger partial charge on any atom is 0.255 e. The summed E-state index contributed by atoms with van der Waals surface area (Å²) in [6.45, 7) is 3.80. The molecule has 2 heterocycles. The number of carbonyl (C=O) groups is 1. The number of aromatic amines is 1. The predicted octanol–water partition coefficient (Wildman–Crippen LogP) is 2.87. The summed E-state index contributed by atoms with van der Waals surface area (Å²) in [5.74, 6) is 0.670. The van der Waals surface area contributed by atoms with E-state index in [-0.39, 0.29) is 11.9 Å². The van der Waals surface area contributed by atoms with Crippen LogP contribution in [0.4, 0.5) is 0 Å². The molecular weight excluding hydrogens is 332 g/mol. The van der Waals surface area contributed by atoms with Crippen molar-refractivity contribution in [1.82, 2.24) is 20.3 Å². The van der Waals surface area contributed by atoms with Crippen LogP contribution >= 0.6 is 0 Å². The number of aryl methyl sites for hydroxylation is 1. The first-order valence-electron chi connectivity index (χ1n) is 8.65. The van der Waals surface area contributed by atoms with E-state index in [4.69, 9.17) is 4.74 Å². The zero-order valence-electron chi connectivity index (χ0n) is 14.6. The summed E-state index contributed by atoms with van der Waals surface area (Å²) in [4.78, 5) is 24.0. The second-order valence-corrected chi connectivity index (χ2v) is 6.75. The van der Waals surface area contributed by atoms with Crippen LogP contribution in [0.1, 0.15) is 47.9 Å². The lowest BCUT2D eigenvalue weighted by atomic mass is 10.1. The Kier molecular flexibility index (Phi) is 4.08. The van der Waals surface area contributed by atoms with E-state index >= 15 is 0 Å². The second-order valence-electron chi connectivity index (χ2n) is 6.75. The standard InChI is InChI=1S/C19H20N4O3/c1-10(2)22-19(25)14-8-20-18-17(14)23-16(9-21-18)26-12-5-3-11-4-6-15(24)13(11)7-12/h3,5,7-10,15,24H,4,6H2,1-2H3,(H,20,21)(H,22,25)/t15-/m1/s1. The molecule has 7 nitrogen and oxygen atoms in total. The van der Waals surface area contributed by atoms with E-state index in [2.05, 4.69) is 20.3 Å². The fourth-order valence-corrected chi connectivity index (χ4v) is 3.18. The van der Waals surface area contributed by atoms with E-state index in [9.17, 15) is 9.90 Å². The number of aliphatic hydroxyl groups is 1. The van der Waals surface area contributed by atoms with E-state index in [1.54, 1.807) is 6.20 Å². The van der Waals surface area contributed by atoms with Crippen molar-refractivity contribution >= 4 is 17.1 Å². The Balaban J connectivity index is 1.63. The Morgan fingerprint density at radius 1 is 1.42 bits per heavy atom. The van der Waals surface area contributed by atoms with Crippen LogP contribution < -0.4 is 10.1 Å². The van der Waals surface area contributed by atoms with E-state index < -0.39 is 6.10 Å². The van der Waals surface area contributed by atoms with Gasteiger partial charge in [0.1, 0.15) is 11.3 Å². The highest BCUT2D eigenvalue weighted by atomic mass is 16.5. The lowest BCUT2D eigenvalue weighted by Gasteiger charge is -2.09. The number of H-pyrrole nitrogens is 1. The summed E-state index contributed by atoms with van der Waals surface area (Å²) in [7, 11) is 0. The normalized spacial score (nSPS) is 16.1. The van der Waals surface area contributed by atoms with Crippen molar-refractivity contribution in [2.24, 2.45) is 0 Å². The third kappa shape index (κ3) is 3.01. The molecule has 1 amide bonds. The minimum absolute atomic E-state index is 0.0256. The second kappa shape index (κ2) is 6.42. The van der Waals surface area contributed by atoms with Crippen LogP contribution in [0.15, 0.2) is 30.6 Å². The zero-order chi connectivity index (χ0) is 18.3. The average Bonchev–Trinajstić information content (AvgIpc) is 3.18. The first-order chi connectivity index (χ1) is 12.5. The molecule has 1 atom stereocenters. The molecule has 0 fully saturated rings. The Morgan fingerprint density at radius 2 is 2.27 bits per heavy atom. The molecular formula is C19H20N4O3. The van der Waals surface area contributed by atoms with Gasteiger partial charge in [0.05, 0.1) is 17.9 Å². The molecule has 4 rings (SSSR count). The Morgan fingerprint density at radius 3 is 3.08 bits per heavy atom. The molecule has 26 heavy (non-hydrogen) atoms. The number of hydrogen-bond donors (Lipinski definition) is 3. The van der Waals surface area contributed by atoms with Crippen LogP contribution in [0.5, 0.6) is 11.6 Å². The van der Waals surface area contributed by atoms with Gasteiger partial charge in [0.25, 0.3) is 5.91 Å². The molecule has 0 saturated carbocycles. The van der Waals surface area contributed by atoms with Gasteiger partial charge in [-0.25, -0.2) is 9.97 Å². The molecule has 7 heteroatoms. The van der Waals surface area contributed by atoms with Gasteiger partial charge in [0.15, 0.2) is 5.65 Å². The number of carbonyl (C=O) groups excluding carboxylic acids is 1. The largest absolute Gasteiger partial charge is 0.437 e. The number of amides is 1. The summed E-state index contributed by atoms with van der Waals surface area (Å²) in [6.07, 6.45) is 4.27. The van der Waals surface area contributed by atoms with E-state index in [1.165, 1.54) is 6.20 Å². The number of rotatable bonds is 4. The lowest BCUT2D eigenvalue weighted by Crippen LogP contribution is -2.29. The van der Waals surface area contributed by atoms with E-state index in [0.29, 0.717) is 28.4 Å². The third-order valence-electron chi connectivity index (χ3n) is 4.41. The topological polar surface area (TPSA) is 100 Å². The van der Waals surface area contributed by atoms with Gasteiger partial charge >= 0.3 is 0 Å². The molecule has 1 aliphatic rings. The Labute approximate surface area is 150 Å². The quantitative estimate of drug-likeness (QED) is 0.670. The summed E-state index contributed by atoms with van der Waals surface area (Å²) >= 11 is 0. The Hall–Kier alpha value is -2.93. The first-order valence-corrected chi connectivity index (χ1v) is 8.65. The predicted molar refractivity (Wildman–Crippen MR) is 96.3 cm³/mol. The zero-order valence-corrected chi connectivity index (χ0v) is 14.6. The van der Waals surface area contributed by atoms with Crippen LogP contribution in [-0.2, 0) is 6.42 Å². The molecule has 0 radical (unpaired) electrons. The highest BCUT2D eigenvalue weighted by molar-refractivity contribution is 6.04. The number of fused-ring (bicyclic) bond motifs is 2.